The molecule has 0 radical (unpaired) electrons. The average molecular weight is 360 g/mol. The maximum Gasteiger partial charge on any atom is 0.264 e. The Morgan fingerprint density at radius 1 is 1.00 bits per heavy atom. The number of benzene rings is 2. The number of hydrogen-bond acceptors (Lipinski definition) is 4. The molecular weight excluding hydrogens is 340 g/mol. The first-order valence-corrected chi connectivity index (χ1v) is 9.24. The molecule has 6 nitrogen and oxygen atoms in total. The molecule has 0 bridgehead atoms. The molecule has 2 amide bonds. The predicted molar refractivity (Wildman–Crippen MR) is 95.5 cm³/mol. The van der Waals surface area contributed by atoms with E-state index < -0.39 is 15.9 Å². The molecule has 7 heteroatoms. The van der Waals surface area contributed by atoms with E-state index in [1.807, 2.05) is 42.0 Å². The van der Waals surface area contributed by atoms with Crippen molar-refractivity contribution in [2.75, 3.05) is 5.32 Å². The van der Waals surface area contributed by atoms with Gasteiger partial charge in [-0.05, 0) is 35.7 Å². The van der Waals surface area contributed by atoms with Crippen molar-refractivity contribution in [1.29, 1.82) is 0 Å². The lowest BCUT2D eigenvalue weighted by Crippen LogP contribution is -2.28. The van der Waals surface area contributed by atoms with Gasteiger partial charge in [-0.3, -0.25) is 9.59 Å². The second-order valence-electron chi connectivity index (χ2n) is 5.75. The molecule has 0 saturated heterocycles. The molecule has 0 fully saturated rings. The van der Waals surface area contributed by atoms with Gasteiger partial charge in [0.2, 0.25) is 11.8 Å². The highest BCUT2D eigenvalue weighted by Gasteiger charge is 2.16. The smallest absolute Gasteiger partial charge is 0.264 e. The largest absolute Gasteiger partial charge is 0.326 e. The number of anilines is 1. The maximum absolute atomic E-state index is 12.1. The van der Waals surface area contributed by atoms with Crippen LogP contribution in [-0.2, 0) is 19.6 Å². The molecule has 0 heterocycles. The first kappa shape index (κ1) is 18.7. The van der Waals surface area contributed by atoms with Crippen molar-refractivity contribution in [2.24, 2.45) is 0 Å². The van der Waals surface area contributed by atoms with E-state index in [1.165, 1.54) is 24.3 Å². The fraction of sp³-hybridized carbons (Fsp3) is 0.222. The van der Waals surface area contributed by atoms with Gasteiger partial charge in [-0.15, -0.1) is 0 Å². The van der Waals surface area contributed by atoms with Crippen LogP contribution in [-0.4, -0.2) is 20.2 Å². The van der Waals surface area contributed by atoms with Gasteiger partial charge in [-0.1, -0.05) is 37.3 Å². The van der Waals surface area contributed by atoms with Gasteiger partial charge >= 0.3 is 0 Å². The van der Waals surface area contributed by atoms with Crippen LogP contribution in [0, 0.1) is 0 Å². The molecule has 0 saturated carbocycles. The molecule has 0 aliphatic heterocycles. The molecular formula is C18H20N2O4S. The van der Waals surface area contributed by atoms with E-state index in [4.69, 9.17) is 0 Å². The summed E-state index contributed by atoms with van der Waals surface area (Å²) in [5, 5.41) is 2.74. The Hall–Kier alpha value is -2.67. The van der Waals surface area contributed by atoms with Gasteiger partial charge in [-0.2, -0.15) is 0 Å². The van der Waals surface area contributed by atoms with Crippen LogP contribution in [0.4, 0.5) is 5.69 Å². The van der Waals surface area contributed by atoms with E-state index >= 15 is 0 Å². The summed E-state index contributed by atoms with van der Waals surface area (Å²) >= 11 is 0. The van der Waals surface area contributed by atoms with Crippen LogP contribution in [0.2, 0.25) is 0 Å². The third-order valence-corrected chi connectivity index (χ3v) is 5.04. The summed E-state index contributed by atoms with van der Waals surface area (Å²) < 4.78 is 25.6. The molecule has 0 aliphatic rings. The lowest BCUT2D eigenvalue weighted by Gasteiger charge is -2.12. The number of hydrogen-bond donors (Lipinski definition) is 2. The molecule has 0 spiro atoms. The summed E-state index contributed by atoms with van der Waals surface area (Å²) in [6.07, 6.45) is 0.315. The topological polar surface area (TPSA) is 92.3 Å². The third kappa shape index (κ3) is 5.42. The van der Waals surface area contributed by atoms with Gasteiger partial charge in [0.15, 0.2) is 0 Å². The van der Waals surface area contributed by atoms with Gasteiger partial charge in [0.05, 0.1) is 4.90 Å². The molecule has 1 atom stereocenters. The summed E-state index contributed by atoms with van der Waals surface area (Å²) in [4.78, 5) is 23.0. The number of carbonyl (C=O) groups is 2. The SMILES string of the molecule is CC(=O)NS(=O)(=O)c1ccc(NC(=O)C[C@@H](C)c2ccccc2)cc1. The zero-order valence-electron chi connectivity index (χ0n) is 14.0. The first-order valence-electron chi connectivity index (χ1n) is 7.76. The second-order valence-corrected chi connectivity index (χ2v) is 7.43. The Morgan fingerprint density at radius 2 is 1.60 bits per heavy atom. The minimum absolute atomic E-state index is 0.0432. The summed E-state index contributed by atoms with van der Waals surface area (Å²) in [6, 6.07) is 15.4. The lowest BCUT2D eigenvalue weighted by molar-refractivity contribution is -0.117. The Bertz CT molecular complexity index is 846. The predicted octanol–water partition coefficient (Wildman–Crippen LogP) is 2.64. The number of rotatable bonds is 6. The first-order chi connectivity index (χ1) is 11.8. The van der Waals surface area contributed by atoms with Crippen molar-refractivity contribution in [2.45, 2.75) is 31.1 Å². The summed E-state index contributed by atoms with van der Waals surface area (Å²) in [7, 11) is -3.87. The lowest BCUT2D eigenvalue weighted by atomic mass is 9.97. The van der Waals surface area contributed by atoms with Crippen molar-refractivity contribution < 1.29 is 18.0 Å². The molecule has 0 aliphatic carbocycles. The van der Waals surface area contributed by atoms with E-state index in [0.717, 1.165) is 12.5 Å². The summed E-state index contributed by atoms with van der Waals surface area (Å²) in [6.45, 7) is 3.10. The second kappa shape index (κ2) is 7.94. The average Bonchev–Trinajstić information content (AvgIpc) is 2.55. The van der Waals surface area contributed by atoms with Crippen molar-refractivity contribution in [3.8, 4) is 0 Å². The van der Waals surface area contributed by atoms with Crippen molar-refractivity contribution >= 4 is 27.5 Å². The van der Waals surface area contributed by atoms with Crippen LogP contribution in [0.15, 0.2) is 59.5 Å². The molecule has 2 N–H and O–H groups in total. The van der Waals surface area contributed by atoms with Gasteiger partial charge in [-0.25, -0.2) is 13.1 Å². The zero-order chi connectivity index (χ0) is 18.4. The molecule has 25 heavy (non-hydrogen) atoms. The molecule has 132 valence electrons. The fourth-order valence-electron chi connectivity index (χ4n) is 2.36. The van der Waals surface area contributed by atoms with Crippen LogP contribution in [0.1, 0.15) is 31.7 Å². The number of amides is 2. The highest BCUT2D eigenvalue weighted by molar-refractivity contribution is 7.90. The Kier molecular flexibility index (Phi) is 5.93. The van der Waals surface area contributed by atoms with E-state index in [0.29, 0.717) is 12.1 Å². The van der Waals surface area contributed by atoms with Gasteiger partial charge in [0, 0.05) is 19.0 Å². The Balaban J connectivity index is 1.99. The number of carbonyl (C=O) groups excluding carboxylic acids is 2. The Labute approximate surface area is 147 Å². The minimum Gasteiger partial charge on any atom is -0.326 e. The quantitative estimate of drug-likeness (QED) is 0.828. The van der Waals surface area contributed by atoms with Crippen LogP contribution in [0.3, 0.4) is 0 Å². The van der Waals surface area contributed by atoms with Crippen LogP contribution in [0.25, 0.3) is 0 Å². The van der Waals surface area contributed by atoms with Gasteiger partial charge in [0.1, 0.15) is 0 Å². The van der Waals surface area contributed by atoms with E-state index in [-0.39, 0.29) is 16.7 Å². The Morgan fingerprint density at radius 3 is 2.16 bits per heavy atom. The maximum atomic E-state index is 12.1. The molecule has 2 rings (SSSR count). The zero-order valence-corrected chi connectivity index (χ0v) is 14.8. The van der Waals surface area contributed by atoms with Gasteiger partial charge in [0.25, 0.3) is 10.0 Å². The number of nitrogens with one attached hydrogen (secondary N) is 2. The minimum atomic E-state index is -3.87. The van der Waals surface area contributed by atoms with E-state index in [2.05, 4.69) is 5.32 Å². The van der Waals surface area contributed by atoms with Crippen LogP contribution >= 0.6 is 0 Å². The van der Waals surface area contributed by atoms with Crippen molar-refractivity contribution in [1.82, 2.24) is 4.72 Å². The molecule has 2 aromatic rings. The van der Waals surface area contributed by atoms with Gasteiger partial charge < -0.3 is 5.32 Å². The highest BCUT2D eigenvalue weighted by atomic mass is 32.2. The van der Waals surface area contributed by atoms with Crippen LogP contribution in [0.5, 0.6) is 0 Å². The fourth-order valence-corrected chi connectivity index (χ4v) is 3.35. The monoisotopic (exact) mass is 360 g/mol. The molecule has 0 aromatic heterocycles. The van der Waals surface area contributed by atoms with Crippen molar-refractivity contribution in [3.05, 3.63) is 60.2 Å². The molecule has 2 aromatic carbocycles. The summed E-state index contributed by atoms with van der Waals surface area (Å²) in [5.41, 5.74) is 1.57. The number of sulfonamides is 1. The van der Waals surface area contributed by atoms with E-state index in [1.54, 1.807) is 0 Å². The standard InChI is InChI=1S/C18H20N2O4S/c1-13(15-6-4-3-5-7-15)12-18(22)19-16-8-10-17(11-9-16)25(23,24)20-14(2)21/h3-11,13H,12H2,1-2H3,(H,19,22)(H,20,21)/t13-/m1/s1. The van der Waals surface area contributed by atoms with Crippen LogP contribution < -0.4 is 10.0 Å². The van der Waals surface area contributed by atoms with E-state index in [9.17, 15) is 18.0 Å². The summed E-state index contributed by atoms with van der Waals surface area (Å²) in [5.74, 6) is -0.748. The molecule has 0 unspecified atom stereocenters. The highest BCUT2D eigenvalue weighted by Crippen LogP contribution is 2.20. The normalized spacial score (nSPS) is 12.2. The third-order valence-electron chi connectivity index (χ3n) is 3.59. The van der Waals surface area contributed by atoms with Crippen molar-refractivity contribution in [3.63, 3.8) is 0 Å².